The SMILES string of the molecule is C[Si]1(C)c2ccc(cc2)[Si](C)(C)[Si](C)(C)c2ccc(s2)[Si]1(C)C. The van der Waals surface area contributed by atoms with Gasteiger partial charge in [0, 0.05) is 0 Å². The van der Waals surface area contributed by atoms with E-state index in [2.05, 4.69) is 100 Å². The summed E-state index contributed by atoms with van der Waals surface area (Å²) in [7, 11) is -5.75. The van der Waals surface area contributed by atoms with E-state index in [0.29, 0.717) is 0 Å². The zero-order valence-electron chi connectivity index (χ0n) is 15.9. The summed E-state index contributed by atoms with van der Waals surface area (Å²) in [5, 5.41) is 3.33. The molecule has 0 saturated carbocycles. The van der Waals surface area contributed by atoms with Crippen molar-refractivity contribution in [3.05, 3.63) is 36.4 Å². The summed E-state index contributed by atoms with van der Waals surface area (Å²) >= 11 is 2.20. The van der Waals surface area contributed by atoms with Gasteiger partial charge in [-0.3, -0.25) is 0 Å². The highest BCUT2D eigenvalue weighted by atomic mass is 32.1. The molecule has 2 aromatic rings. The van der Waals surface area contributed by atoms with E-state index < -0.39 is 30.4 Å². The second kappa shape index (κ2) is 5.14. The minimum absolute atomic E-state index is 1.43. The van der Waals surface area contributed by atoms with Crippen LogP contribution in [0.4, 0.5) is 0 Å². The van der Waals surface area contributed by atoms with Crippen LogP contribution in [0.5, 0.6) is 0 Å². The van der Waals surface area contributed by atoms with Crippen LogP contribution in [0.1, 0.15) is 0 Å². The van der Waals surface area contributed by atoms with E-state index in [1.165, 1.54) is 0 Å². The Labute approximate surface area is 149 Å². The van der Waals surface area contributed by atoms with Gasteiger partial charge in [0.1, 0.15) is 0 Å². The molecule has 4 bridgehead atoms. The molecule has 2 aliphatic heterocycles. The topological polar surface area (TPSA) is 0 Å². The molecule has 0 nitrogen and oxygen atoms in total. The summed E-state index contributed by atoms with van der Waals surface area (Å²) in [5.74, 6) is 0. The molecule has 0 spiro atoms. The molecule has 0 radical (unpaired) electrons. The summed E-state index contributed by atoms with van der Waals surface area (Å²) in [6.07, 6.45) is 0. The van der Waals surface area contributed by atoms with Gasteiger partial charge in [0.25, 0.3) is 0 Å². The average molecular weight is 391 g/mol. The molecule has 4 rings (SSSR count). The van der Waals surface area contributed by atoms with E-state index in [0.717, 1.165) is 0 Å². The summed E-state index contributed by atoms with van der Waals surface area (Å²) < 4.78 is 3.50. The Morgan fingerprint density at radius 3 is 1.09 bits per heavy atom. The summed E-state index contributed by atoms with van der Waals surface area (Å²) in [6, 6.07) is 15.1. The third-order valence-electron chi connectivity index (χ3n) is 7.29. The molecule has 23 heavy (non-hydrogen) atoms. The molecule has 0 amide bonds. The van der Waals surface area contributed by atoms with Crippen molar-refractivity contribution >= 4 is 61.1 Å². The van der Waals surface area contributed by atoms with E-state index in [1.54, 1.807) is 19.4 Å². The van der Waals surface area contributed by atoms with E-state index in [-0.39, 0.29) is 0 Å². The van der Waals surface area contributed by atoms with Gasteiger partial charge in [-0.25, -0.2) is 0 Å². The van der Waals surface area contributed by atoms with E-state index >= 15 is 0 Å². The minimum atomic E-state index is -1.44. The van der Waals surface area contributed by atoms with Gasteiger partial charge >= 0.3 is 0 Å². The minimum Gasteiger partial charge on any atom is -0.155 e. The van der Waals surface area contributed by atoms with Crippen LogP contribution < -0.4 is 19.4 Å². The normalized spacial score (nSPS) is 23.3. The van der Waals surface area contributed by atoms with Crippen molar-refractivity contribution in [2.45, 2.75) is 52.4 Å². The second-order valence-electron chi connectivity index (χ2n) is 9.24. The lowest BCUT2D eigenvalue weighted by atomic mass is 10.4. The van der Waals surface area contributed by atoms with Crippen LogP contribution in [0.2, 0.25) is 52.4 Å². The molecule has 2 aliphatic rings. The van der Waals surface area contributed by atoms with Crippen LogP contribution in [0.15, 0.2) is 36.4 Å². The molecule has 5 heteroatoms. The first-order valence-electron chi connectivity index (χ1n) is 8.64. The van der Waals surface area contributed by atoms with Crippen molar-refractivity contribution in [2.75, 3.05) is 0 Å². The standard InChI is InChI=1S/C18H30SSi4/c1-20(2)15-9-11-16(12-10-15)21(3,4)23(7,8)18-14-13-17(19-18)22(20,5)6/h9-14H,1-8H3. The van der Waals surface area contributed by atoms with Crippen molar-refractivity contribution in [3.63, 3.8) is 0 Å². The molecule has 1 aromatic carbocycles. The summed E-state index contributed by atoms with van der Waals surface area (Å²) in [4.78, 5) is 0. The van der Waals surface area contributed by atoms with Gasteiger partial charge in [-0.1, -0.05) is 99.1 Å². The molecule has 1 aromatic heterocycles. The molecule has 124 valence electrons. The highest BCUT2D eigenvalue weighted by Gasteiger charge is 2.49. The van der Waals surface area contributed by atoms with Crippen LogP contribution in [-0.4, -0.2) is 30.4 Å². The summed E-state index contributed by atoms with van der Waals surface area (Å²) in [6.45, 7) is 20.9. The molecule has 0 unspecified atom stereocenters. The number of hydrogen-bond acceptors (Lipinski definition) is 1. The Bertz CT molecular complexity index is 677. The predicted molar refractivity (Wildman–Crippen MR) is 119 cm³/mol. The zero-order valence-corrected chi connectivity index (χ0v) is 20.7. The third-order valence-corrected chi connectivity index (χ3v) is 47.5. The van der Waals surface area contributed by atoms with Crippen LogP contribution in [0.3, 0.4) is 0 Å². The Kier molecular flexibility index (Phi) is 3.94. The largest absolute Gasteiger partial charge is 0.155 e. The molecule has 0 aliphatic carbocycles. The van der Waals surface area contributed by atoms with Crippen molar-refractivity contribution < 1.29 is 0 Å². The number of thiophene rings is 1. The quantitative estimate of drug-likeness (QED) is 0.606. The van der Waals surface area contributed by atoms with Gasteiger partial charge in [-0.05, 0) is 9.00 Å². The highest BCUT2D eigenvalue weighted by molar-refractivity contribution is 7.60. The van der Waals surface area contributed by atoms with E-state index in [9.17, 15) is 0 Å². The fourth-order valence-corrected chi connectivity index (χ4v) is 27.9. The Morgan fingerprint density at radius 2 is 0.783 bits per heavy atom. The third kappa shape index (κ3) is 2.31. The van der Waals surface area contributed by atoms with Crippen LogP contribution in [-0.2, 0) is 0 Å². The monoisotopic (exact) mass is 390 g/mol. The van der Waals surface area contributed by atoms with Crippen LogP contribution >= 0.6 is 11.3 Å². The maximum absolute atomic E-state index is 2.62. The lowest BCUT2D eigenvalue weighted by molar-refractivity contribution is 1.70. The summed E-state index contributed by atoms with van der Waals surface area (Å²) in [5.41, 5.74) is 0. The fraction of sp³-hybridized carbons (Fsp3) is 0.444. The van der Waals surface area contributed by atoms with Crippen molar-refractivity contribution in [3.8, 4) is 0 Å². The van der Waals surface area contributed by atoms with Crippen molar-refractivity contribution in [1.82, 2.24) is 0 Å². The maximum atomic E-state index is 2.62. The molecule has 0 saturated heterocycles. The smallest absolute Gasteiger partial charge is 0.0917 e. The molecule has 0 fully saturated rings. The van der Waals surface area contributed by atoms with Crippen LogP contribution in [0.25, 0.3) is 0 Å². The lowest BCUT2D eigenvalue weighted by Crippen LogP contribution is -2.68. The van der Waals surface area contributed by atoms with Gasteiger partial charge in [-0.2, -0.15) is 11.3 Å². The lowest BCUT2D eigenvalue weighted by Gasteiger charge is -2.39. The first-order valence-corrected chi connectivity index (χ1v) is 23.5. The van der Waals surface area contributed by atoms with E-state index in [4.69, 9.17) is 0 Å². The Hall–Kier alpha value is -0.212. The highest BCUT2D eigenvalue weighted by Crippen LogP contribution is 2.26. The maximum Gasteiger partial charge on any atom is 0.0917 e. The zero-order chi connectivity index (χ0) is 17.3. The fourth-order valence-electron chi connectivity index (χ4n) is 3.65. The molecule has 0 N–H and O–H groups in total. The van der Waals surface area contributed by atoms with Crippen molar-refractivity contribution in [1.29, 1.82) is 0 Å². The van der Waals surface area contributed by atoms with Gasteiger partial charge in [0.05, 0.1) is 30.4 Å². The average Bonchev–Trinajstić information content (AvgIpc) is 2.97. The van der Waals surface area contributed by atoms with Crippen molar-refractivity contribution in [2.24, 2.45) is 0 Å². The van der Waals surface area contributed by atoms with Gasteiger partial charge in [0.2, 0.25) is 0 Å². The molecule has 0 atom stereocenters. The first kappa shape index (κ1) is 17.6. The molecular weight excluding hydrogens is 361 g/mol. The van der Waals surface area contributed by atoms with Gasteiger partial charge in [0.15, 0.2) is 0 Å². The number of hydrogen-bond donors (Lipinski definition) is 0. The second-order valence-corrected chi connectivity index (χ2v) is 41.3. The first-order chi connectivity index (χ1) is 10.4. The van der Waals surface area contributed by atoms with Gasteiger partial charge < -0.3 is 0 Å². The Balaban J connectivity index is 2.37. The number of fused-ring (bicyclic) bond motifs is 4. The van der Waals surface area contributed by atoms with Crippen LogP contribution in [0, 0.1) is 0 Å². The molecular formula is C18H30SSi4. The van der Waals surface area contributed by atoms with Gasteiger partial charge in [-0.15, -0.1) is 0 Å². The predicted octanol–water partition coefficient (Wildman–Crippen LogP) is 3.28. The van der Waals surface area contributed by atoms with E-state index in [1.807, 2.05) is 0 Å². The number of rotatable bonds is 0. The molecule has 3 heterocycles. The number of benzene rings is 1. The Morgan fingerprint density at radius 1 is 0.478 bits per heavy atom.